The molecule has 0 unspecified atom stereocenters. The molecule has 1 heterocycles. The van der Waals surface area contributed by atoms with Gasteiger partial charge in [0, 0.05) is 23.7 Å². The molecule has 1 aliphatic rings. The van der Waals surface area contributed by atoms with E-state index in [9.17, 15) is 22.4 Å². The summed E-state index contributed by atoms with van der Waals surface area (Å²) in [7, 11) is -3.57. The lowest BCUT2D eigenvalue weighted by molar-refractivity contribution is 0.0470. The average molecular weight is 426 g/mol. The molecule has 0 aromatic heterocycles. The molecule has 0 N–H and O–H groups in total. The number of Topliss-reactive ketones (excluding diaryl/α,β-unsaturated/α-hetero) is 1. The van der Waals surface area contributed by atoms with Gasteiger partial charge < -0.3 is 4.74 Å². The molecule has 0 atom stereocenters. The lowest BCUT2D eigenvalue weighted by Crippen LogP contribution is -2.27. The zero-order valence-corrected chi connectivity index (χ0v) is 16.3. The first-order valence-electron chi connectivity index (χ1n) is 8.54. The van der Waals surface area contributed by atoms with Crippen LogP contribution in [0.4, 0.5) is 4.39 Å². The summed E-state index contributed by atoms with van der Waals surface area (Å²) in [5.41, 5.74) is -0.144. The van der Waals surface area contributed by atoms with Gasteiger partial charge >= 0.3 is 5.97 Å². The van der Waals surface area contributed by atoms with Crippen LogP contribution in [-0.4, -0.2) is 44.2 Å². The van der Waals surface area contributed by atoms with Gasteiger partial charge in [0.25, 0.3) is 0 Å². The van der Waals surface area contributed by atoms with Crippen molar-refractivity contribution in [3.63, 3.8) is 0 Å². The molecule has 1 fully saturated rings. The van der Waals surface area contributed by atoms with Crippen LogP contribution >= 0.6 is 11.6 Å². The van der Waals surface area contributed by atoms with Gasteiger partial charge in [-0.05, 0) is 55.3 Å². The Morgan fingerprint density at radius 1 is 1.07 bits per heavy atom. The molecule has 2 aromatic rings. The zero-order chi connectivity index (χ0) is 20.3. The number of carbonyl (C=O) groups is 2. The summed E-state index contributed by atoms with van der Waals surface area (Å²) in [5, 5.41) is 0.133. The number of benzene rings is 2. The summed E-state index contributed by atoms with van der Waals surface area (Å²) in [6.07, 6.45) is 1.66. The van der Waals surface area contributed by atoms with Gasteiger partial charge in [0.15, 0.2) is 12.4 Å². The lowest BCUT2D eigenvalue weighted by atomic mass is 10.1. The minimum Gasteiger partial charge on any atom is -0.454 e. The normalized spacial score (nSPS) is 14.8. The number of ketones is 1. The first-order chi connectivity index (χ1) is 13.3. The fraction of sp³-hybridized carbons (Fsp3) is 0.263. The van der Waals surface area contributed by atoms with E-state index in [-0.39, 0.29) is 21.0 Å². The summed E-state index contributed by atoms with van der Waals surface area (Å²) < 4.78 is 44.9. The van der Waals surface area contributed by atoms with Crippen molar-refractivity contribution in [3.8, 4) is 0 Å². The fourth-order valence-corrected chi connectivity index (χ4v) is 4.51. The third-order valence-corrected chi connectivity index (χ3v) is 6.51. The van der Waals surface area contributed by atoms with Crippen molar-refractivity contribution in [1.29, 1.82) is 0 Å². The topological polar surface area (TPSA) is 80.8 Å². The predicted octanol–water partition coefficient (Wildman–Crippen LogP) is 3.30. The smallest absolute Gasteiger partial charge is 0.341 e. The molecular weight excluding hydrogens is 409 g/mol. The molecule has 0 radical (unpaired) electrons. The van der Waals surface area contributed by atoms with Gasteiger partial charge in [-0.3, -0.25) is 4.79 Å². The second kappa shape index (κ2) is 8.38. The lowest BCUT2D eigenvalue weighted by Gasteiger charge is -2.15. The van der Waals surface area contributed by atoms with Crippen LogP contribution in [0.5, 0.6) is 0 Å². The number of hydrogen-bond acceptors (Lipinski definition) is 5. The molecule has 1 aliphatic heterocycles. The number of sulfonamides is 1. The van der Waals surface area contributed by atoms with Gasteiger partial charge in [-0.2, -0.15) is 4.31 Å². The molecular formula is C19H17ClFNO5S. The van der Waals surface area contributed by atoms with Crippen molar-refractivity contribution in [2.24, 2.45) is 0 Å². The summed E-state index contributed by atoms with van der Waals surface area (Å²) in [6.45, 7) is 0.375. The van der Waals surface area contributed by atoms with E-state index < -0.39 is 34.2 Å². The number of carbonyl (C=O) groups excluding carboxylic acids is 2. The second-order valence-corrected chi connectivity index (χ2v) is 8.63. The Bertz CT molecular complexity index is 1000. The maximum absolute atomic E-state index is 13.7. The van der Waals surface area contributed by atoms with E-state index in [2.05, 4.69) is 0 Å². The number of ether oxygens (including phenoxy) is 1. The minimum absolute atomic E-state index is 0.103. The molecule has 0 aliphatic carbocycles. The molecule has 0 saturated carbocycles. The van der Waals surface area contributed by atoms with Gasteiger partial charge in [0.2, 0.25) is 10.0 Å². The average Bonchev–Trinajstić information content (AvgIpc) is 3.21. The second-order valence-electron chi connectivity index (χ2n) is 6.26. The number of hydrogen-bond donors (Lipinski definition) is 0. The van der Waals surface area contributed by atoms with Crippen LogP contribution in [0.15, 0.2) is 47.4 Å². The van der Waals surface area contributed by atoms with Crippen molar-refractivity contribution in [2.45, 2.75) is 17.7 Å². The Morgan fingerprint density at radius 2 is 1.71 bits per heavy atom. The van der Waals surface area contributed by atoms with Gasteiger partial charge in [0.1, 0.15) is 5.82 Å². The Kier molecular flexibility index (Phi) is 6.12. The molecule has 1 saturated heterocycles. The van der Waals surface area contributed by atoms with E-state index in [1.807, 2.05) is 0 Å². The van der Waals surface area contributed by atoms with Crippen LogP contribution in [0, 0.1) is 5.82 Å². The SMILES string of the molecule is O=C(COC(=O)c1ccc(Cl)cc1F)c1ccc(S(=O)(=O)N2CCCC2)cc1. The van der Waals surface area contributed by atoms with E-state index >= 15 is 0 Å². The van der Waals surface area contributed by atoms with E-state index in [1.54, 1.807) is 0 Å². The maximum atomic E-state index is 13.7. The third-order valence-electron chi connectivity index (χ3n) is 4.36. The van der Waals surface area contributed by atoms with Gasteiger partial charge in [-0.15, -0.1) is 0 Å². The highest BCUT2D eigenvalue weighted by Gasteiger charge is 2.27. The third kappa shape index (κ3) is 4.40. The highest BCUT2D eigenvalue weighted by molar-refractivity contribution is 7.89. The summed E-state index contributed by atoms with van der Waals surface area (Å²) in [4.78, 5) is 24.2. The van der Waals surface area contributed by atoms with Gasteiger partial charge in [0.05, 0.1) is 10.5 Å². The quantitative estimate of drug-likeness (QED) is 0.524. The van der Waals surface area contributed by atoms with Crippen LogP contribution < -0.4 is 0 Å². The van der Waals surface area contributed by atoms with Crippen LogP contribution in [0.2, 0.25) is 5.02 Å². The van der Waals surface area contributed by atoms with Crippen molar-refractivity contribution >= 4 is 33.4 Å². The fourth-order valence-electron chi connectivity index (χ4n) is 2.84. The van der Waals surface area contributed by atoms with E-state index in [4.69, 9.17) is 16.3 Å². The van der Waals surface area contributed by atoms with Crippen molar-refractivity contribution < 1.29 is 27.1 Å². The van der Waals surface area contributed by atoms with Gasteiger partial charge in [-0.25, -0.2) is 17.6 Å². The van der Waals surface area contributed by atoms with E-state index in [1.165, 1.54) is 40.7 Å². The van der Waals surface area contributed by atoms with E-state index in [0.29, 0.717) is 13.1 Å². The van der Waals surface area contributed by atoms with Gasteiger partial charge in [-0.1, -0.05) is 11.6 Å². The Balaban J connectivity index is 1.64. The van der Waals surface area contributed by atoms with Crippen molar-refractivity contribution in [2.75, 3.05) is 19.7 Å². The molecule has 0 spiro atoms. The largest absolute Gasteiger partial charge is 0.454 e. The standard InChI is InChI=1S/C19H17ClFNO5S/c20-14-5-8-16(17(21)11-14)19(24)27-12-18(23)13-3-6-15(7-4-13)28(25,26)22-9-1-2-10-22/h3-8,11H,1-2,9-10,12H2. The summed E-state index contributed by atoms with van der Waals surface area (Å²) in [5.74, 6) is -2.37. The number of halogens is 2. The molecule has 0 amide bonds. The Morgan fingerprint density at radius 3 is 2.32 bits per heavy atom. The Labute approximate surface area is 166 Å². The van der Waals surface area contributed by atoms with Crippen LogP contribution in [0.1, 0.15) is 33.6 Å². The van der Waals surface area contributed by atoms with Crippen LogP contribution in [-0.2, 0) is 14.8 Å². The highest BCUT2D eigenvalue weighted by Crippen LogP contribution is 2.21. The predicted molar refractivity (Wildman–Crippen MR) is 100 cm³/mol. The molecule has 9 heteroatoms. The monoisotopic (exact) mass is 425 g/mol. The zero-order valence-electron chi connectivity index (χ0n) is 14.7. The van der Waals surface area contributed by atoms with Crippen LogP contribution in [0.3, 0.4) is 0 Å². The number of nitrogens with zero attached hydrogens (tertiary/aromatic N) is 1. The Hall–Kier alpha value is -2.29. The summed E-state index contributed by atoms with van der Waals surface area (Å²) in [6, 6.07) is 8.90. The first-order valence-corrected chi connectivity index (χ1v) is 10.4. The first kappa shape index (κ1) is 20.4. The maximum Gasteiger partial charge on any atom is 0.341 e. The number of esters is 1. The molecule has 6 nitrogen and oxygen atoms in total. The number of rotatable bonds is 6. The van der Waals surface area contributed by atoms with Crippen molar-refractivity contribution in [3.05, 3.63) is 64.4 Å². The molecule has 2 aromatic carbocycles. The van der Waals surface area contributed by atoms with Crippen molar-refractivity contribution in [1.82, 2.24) is 4.31 Å². The molecule has 3 rings (SSSR count). The van der Waals surface area contributed by atoms with Crippen LogP contribution in [0.25, 0.3) is 0 Å². The molecule has 0 bridgehead atoms. The highest BCUT2D eigenvalue weighted by atomic mass is 35.5. The molecule has 28 heavy (non-hydrogen) atoms. The van der Waals surface area contributed by atoms with E-state index in [0.717, 1.165) is 18.9 Å². The molecule has 148 valence electrons. The summed E-state index contributed by atoms with van der Waals surface area (Å²) >= 11 is 5.62. The minimum atomic E-state index is -3.57.